The first kappa shape index (κ1) is 19.8. The van der Waals surface area contributed by atoms with Crippen molar-refractivity contribution in [1.29, 1.82) is 0 Å². The molecule has 0 N–H and O–H groups in total. The Morgan fingerprint density at radius 2 is 1.77 bits per heavy atom. The number of hydrogen-bond donors (Lipinski definition) is 0. The van der Waals surface area contributed by atoms with Gasteiger partial charge in [-0.15, -0.1) is 0 Å². The minimum Gasteiger partial charge on any atom is -0.343 e. The normalized spacial score (nSPS) is 24.5. The second-order valence-corrected chi connectivity index (χ2v) is 9.70. The van der Waals surface area contributed by atoms with Crippen LogP contribution in [0.25, 0.3) is 11.4 Å². The standard InChI is InChI=1S/C25H34N4O/c1-27(2)25(30)23-22-15-20-13-14-21(28(20)16-18-9-5-3-6-10-18)17-29(22)24(26-23)19-11-7-4-8-12-19/h4,7-8,11-12,18,20-21H,3,5-6,9-10,13-17H2,1-2H3/t20-,21+/m0/s1. The van der Waals surface area contributed by atoms with E-state index in [0.717, 1.165) is 36.0 Å². The molecule has 1 saturated heterocycles. The lowest BCUT2D eigenvalue weighted by Gasteiger charge is -2.33. The van der Waals surface area contributed by atoms with Crippen LogP contribution in [0.4, 0.5) is 0 Å². The second-order valence-electron chi connectivity index (χ2n) is 9.70. The van der Waals surface area contributed by atoms with Crippen LogP contribution in [-0.2, 0) is 13.0 Å². The molecule has 5 rings (SSSR count). The van der Waals surface area contributed by atoms with Crippen LogP contribution in [0.5, 0.6) is 0 Å². The molecule has 160 valence electrons. The summed E-state index contributed by atoms with van der Waals surface area (Å²) in [6.07, 6.45) is 10.5. The number of rotatable bonds is 4. The summed E-state index contributed by atoms with van der Waals surface area (Å²) in [5.74, 6) is 1.84. The summed E-state index contributed by atoms with van der Waals surface area (Å²) in [4.78, 5) is 22.4. The van der Waals surface area contributed by atoms with Gasteiger partial charge < -0.3 is 9.47 Å². The van der Waals surface area contributed by atoms with Crippen molar-refractivity contribution in [3.8, 4) is 11.4 Å². The largest absolute Gasteiger partial charge is 0.343 e. The number of fused-ring (bicyclic) bond motifs is 3. The number of nitrogens with zero attached hydrogens (tertiary/aromatic N) is 4. The zero-order valence-corrected chi connectivity index (χ0v) is 18.4. The summed E-state index contributed by atoms with van der Waals surface area (Å²) in [6.45, 7) is 2.20. The van der Waals surface area contributed by atoms with Gasteiger partial charge in [-0.3, -0.25) is 9.69 Å². The molecule has 1 amide bonds. The molecule has 1 aromatic heterocycles. The quantitative estimate of drug-likeness (QED) is 0.763. The number of aromatic nitrogens is 2. The van der Waals surface area contributed by atoms with Gasteiger partial charge in [0.15, 0.2) is 0 Å². The minimum atomic E-state index is 0.0255. The first-order valence-corrected chi connectivity index (χ1v) is 11.7. The third kappa shape index (κ3) is 3.58. The second kappa shape index (κ2) is 8.18. The SMILES string of the molecule is CN(C)C(=O)c1nc(-c2ccccc2)n2c1C[C@@H]1CC[C@H](C2)N1CC1CCCCC1. The van der Waals surface area contributed by atoms with Gasteiger partial charge in [0.05, 0.1) is 5.69 Å². The molecular weight excluding hydrogens is 372 g/mol. The summed E-state index contributed by atoms with van der Waals surface area (Å²) in [6, 6.07) is 11.5. The van der Waals surface area contributed by atoms with Crippen molar-refractivity contribution in [3.63, 3.8) is 0 Å². The molecule has 0 spiro atoms. The number of hydrogen-bond acceptors (Lipinski definition) is 3. The van der Waals surface area contributed by atoms with Crippen LogP contribution in [0.2, 0.25) is 0 Å². The number of amides is 1. The maximum Gasteiger partial charge on any atom is 0.273 e. The summed E-state index contributed by atoms with van der Waals surface area (Å²) >= 11 is 0. The monoisotopic (exact) mass is 406 g/mol. The highest BCUT2D eigenvalue weighted by Crippen LogP contribution is 2.37. The Morgan fingerprint density at radius 1 is 1.03 bits per heavy atom. The van der Waals surface area contributed by atoms with E-state index in [2.05, 4.69) is 33.7 Å². The van der Waals surface area contributed by atoms with Gasteiger partial charge in [0.1, 0.15) is 11.5 Å². The number of carbonyl (C=O) groups is 1. The van der Waals surface area contributed by atoms with E-state index < -0.39 is 0 Å². The highest BCUT2D eigenvalue weighted by molar-refractivity contribution is 5.94. The van der Waals surface area contributed by atoms with Gasteiger partial charge in [-0.25, -0.2) is 4.98 Å². The summed E-state index contributed by atoms with van der Waals surface area (Å²) in [7, 11) is 3.66. The van der Waals surface area contributed by atoms with Crippen molar-refractivity contribution in [3.05, 3.63) is 41.7 Å². The first-order valence-electron chi connectivity index (χ1n) is 11.7. The Hall–Kier alpha value is -2.14. The van der Waals surface area contributed by atoms with Gasteiger partial charge in [0, 0.05) is 51.3 Å². The van der Waals surface area contributed by atoms with Crippen molar-refractivity contribution >= 4 is 5.91 Å². The molecule has 1 saturated carbocycles. The van der Waals surface area contributed by atoms with Crippen molar-refractivity contribution in [2.45, 2.75) is 70.0 Å². The lowest BCUT2D eigenvalue weighted by Crippen LogP contribution is -2.41. The summed E-state index contributed by atoms with van der Waals surface area (Å²) in [5.41, 5.74) is 2.91. The van der Waals surface area contributed by atoms with Crippen LogP contribution >= 0.6 is 0 Å². The van der Waals surface area contributed by atoms with Crippen LogP contribution in [-0.4, -0.2) is 58.0 Å². The molecule has 2 fully saturated rings. The van der Waals surface area contributed by atoms with E-state index >= 15 is 0 Å². The molecule has 2 aromatic rings. The molecule has 2 aliphatic heterocycles. The Bertz CT molecular complexity index is 897. The number of benzene rings is 1. The van der Waals surface area contributed by atoms with Crippen LogP contribution in [0, 0.1) is 5.92 Å². The molecule has 2 atom stereocenters. The zero-order valence-electron chi connectivity index (χ0n) is 18.4. The number of carbonyl (C=O) groups excluding carboxylic acids is 1. The third-order valence-electron chi connectivity index (χ3n) is 7.50. The maximum absolute atomic E-state index is 13.0. The van der Waals surface area contributed by atoms with E-state index in [1.54, 1.807) is 4.90 Å². The lowest BCUT2D eigenvalue weighted by atomic mass is 9.88. The minimum absolute atomic E-state index is 0.0255. The Kier molecular flexibility index (Phi) is 5.40. The van der Waals surface area contributed by atoms with E-state index in [1.807, 2.05) is 20.2 Å². The van der Waals surface area contributed by atoms with E-state index in [0.29, 0.717) is 17.8 Å². The van der Waals surface area contributed by atoms with Gasteiger partial charge >= 0.3 is 0 Å². The molecule has 3 aliphatic rings. The molecule has 2 bridgehead atoms. The van der Waals surface area contributed by atoms with Gasteiger partial charge in [0.25, 0.3) is 5.91 Å². The van der Waals surface area contributed by atoms with Crippen LogP contribution in [0.3, 0.4) is 0 Å². The smallest absolute Gasteiger partial charge is 0.273 e. The summed E-state index contributed by atoms with van der Waals surface area (Å²) in [5, 5.41) is 0. The Balaban J connectivity index is 1.51. The topological polar surface area (TPSA) is 41.4 Å². The average molecular weight is 407 g/mol. The van der Waals surface area contributed by atoms with Gasteiger partial charge in [0.2, 0.25) is 0 Å². The van der Waals surface area contributed by atoms with E-state index in [4.69, 9.17) is 4.98 Å². The Labute approximate surface area is 180 Å². The third-order valence-corrected chi connectivity index (χ3v) is 7.50. The molecule has 1 aromatic carbocycles. The molecule has 0 radical (unpaired) electrons. The van der Waals surface area contributed by atoms with Crippen molar-refractivity contribution in [1.82, 2.24) is 19.4 Å². The van der Waals surface area contributed by atoms with Crippen LogP contribution < -0.4 is 0 Å². The predicted octanol–water partition coefficient (Wildman–Crippen LogP) is 4.22. The fraction of sp³-hybridized carbons (Fsp3) is 0.600. The first-order chi connectivity index (χ1) is 14.6. The van der Waals surface area contributed by atoms with Crippen LogP contribution in [0.15, 0.2) is 30.3 Å². The average Bonchev–Trinajstić information content (AvgIpc) is 3.25. The zero-order chi connectivity index (χ0) is 20.7. The highest BCUT2D eigenvalue weighted by Gasteiger charge is 2.40. The molecule has 5 nitrogen and oxygen atoms in total. The van der Waals surface area contributed by atoms with Crippen molar-refractivity contribution in [2.24, 2.45) is 5.92 Å². The molecule has 30 heavy (non-hydrogen) atoms. The fourth-order valence-electron chi connectivity index (χ4n) is 5.91. The lowest BCUT2D eigenvalue weighted by molar-refractivity contribution is 0.0820. The van der Waals surface area contributed by atoms with Gasteiger partial charge in [-0.2, -0.15) is 0 Å². The van der Waals surface area contributed by atoms with Crippen LogP contribution in [0.1, 0.15) is 61.1 Å². The summed E-state index contributed by atoms with van der Waals surface area (Å²) < 4.78 is 2.38. The molecule has 1 aliphatic carbocycles. The Morgan fingerprint density at radius 3 is 2.50 bits per heavy atom. The number of imidazole rings is 1. The van der Waals surface area contributed by atoms with Gasteiger partial charge in [-0.05, 0) is 31.6 Å². The molecule has 0 unspecified atom stereocenters. The molecule has 5 heteroatoms. The van der Waals surface area contributed by atoms with Crippen molar-refractivity contribution in [2.75, 3.05) is 20.6 Å². The van der Waals surface area contributed by atoms with E-state index in [9.17, 15) is 4.79 Å². The van der Waals surface area contributed by atoms with Gasteiger partial charge in [-0.1, -0.05) is 49.6 Å². The molecular formula is C25H34N4O. The van der Waals surface area contributed by atoms with Crippen molar-refractivity contribution < 1.29 is 4.79 Å². The van der Waals surface area contributed by atoms with E-state index in [-0.39, 0.29) is 5.91 Å². The fourth-order valence-corrected chi connectivity index (χ4v) is 5.91. The van der Waals surface area contributed by atoms with E-state index in [1.165, 1.54) is 51.5 Å². The maximum atomic E-state index is 13.0. The predicted molar refractivity (Wildman–Crippen MR) is 119 cm³/mol. The highest BCUT2D eigenvalue weighted by atomic mass is 16.2. The molecule has 3 heterocycles.